The van der Waals surface area contributed by atoms with E-state index < -0.39 is 10.9 Å². The molecule has 0 atom stereocenters. The second-order valence-electron chi connectivity index (χ2n) is 5.08. The Kier molecular flexibility index (Phi) is 4.92. The monoisotopic (exact) mass is 308 g/mol. The van der Waals surface area contributed by atoms with Crippen LogP contribution in [0.2, 0.25) is 0 Å². The van der Waals surface area contributed by atoms with E-state index in [0.29, 0.717) is 0 Å². The number of aromatic carboxylic acids is 1. The average molecular weight is 308 g/mol. The molecule has 1 aromatic rings. The van der Waals surface area contributed by atoms with Crippen LogP contribution in [-0.2, 0) is 4.79 Å². The standard InChI is InChI=1S/C14H16N2O6/c17-13(15-10-3-1-2-4-10)8-22-12-7-9(14(18)19)5-6-11(12)16(20)21/h5-7,10H,1-4,8H2,(H,15,17)(H,18,19). The van der Waals surface area contributed by atoms with Crippen LogP contribution in [0.3, 0.4) is 0 Å². The molecule has 0 aliphatic heterocycles. The third-order valence-electron chi connectivity index (χ3n) is 3.48. The van der Waals surface area contributed by atoms with Gasteiger partial charge >= 0.3 is 11.7 Å². The lowest BCUT2D eigenvalue weighted by Crippen LogP contribution is -2.36. The fourth-order valence-corrected chi connectivity index (χ4v) is 2.40. The fourth-order valence-electron chi connectivity index (χ4n) is 2.40. The van der Waals surface area contributed by atoms with Crippen LogP contribution in [0.4, 0.5) is 5.69 Å². The lowest BCUT2D eigenvalue weighted by atomic mass is 10.2. The zero-order valence-corrected chi connectivity index (χ0v) is 11.8. The second kappa shape index (κ2) is 6.88. The van der Waals surface area contributed by atoms with Crippen molar-refractivity contribution in [3.63, 3.8) is 0 Å². The number of nitro groups is 1. The largest absolute Gasteiger partial charge is 0.478 e. The second-order valence-corrected chi connectivity index (χ2v) is 5.08. The lowest BCUT2D eigenvalue weighted by Gasteiger charge is -2.12. The minimum Gasteiger partial charge on any atom is -0.478 e. The van der Waals surface area contributed by atoms with E-state index in [2.05, 4.69) is 5.32 Å². The van der Waals surface area contributed by atoms with Crippen LogP contribution in [0, 0.1) is 10.1 Å². The van der Waals surface area contributed by atoms with Gasteiger partial charge in [-0.2, -0.15) is 0 Å². The smallest absolute Gasteiger partial charge is 0.335 e. The van der Waals surface area contributed by atoms with E-state index in [-0.39, 0.29) is 35.6 Å². The first-order valence-electron chi connectivity index (χ1n) is 6.91. The molecule has 0 unspecified atom stereocenters. The molecular formula is C14H16N2O6. The SMILES string of the molecule is O=C(COc1cc(C(=O)O)ccc1[N+](=O)[O-])NC1CCCC1. The molecule has 1 fully saturated rings. The van der Waals surface area contributed by atoms with Crippen LogP contribution >= 0.6 is 0 Å². The number of hydrogen-bond acceptors (Lipinski definition) is 5. The highest BCUT2D eigenvalue weighted by Crippen LogP contribution is 2.28. The summed E-state index contributed by atoms with van der Waals surface area (Å²) >= 11 is 0. The maximum Gasteiger partial charge on any atom is 0.335 e. The number of carboxylic acids is 1. The minimum absolute atomic E-state index is 0.122. The van der Waals surface area contributed by atoms with Crippen molar-refractivity contribution in [3.05, 3.63) is 33.9 Å². The van der Waals surface area contributed by atoms with E-state index in [9.17, 15) is 19.7 Å². The van der Waals surface area contributed by atoms with Gasteiger partial charge in [0.15, 0.2) is 12.4 Å². The van der Waals surface area contributed by atoms with Crippen LogP contribution in [0.5, 0.6) is 5.75 Å². The highest BCUT2D eigenvalue weighted by molar-refractivity contribution is 5.88. The van der Waals surface area contributed by atoms with Gasteiger partial charge in [-0.25, -0.2) is 4.79 Å². The highest BCUT2D eigenvalue weighted by Gasteiger charge is 2.20. The van der Waals surface area contributed by atoms with E-state index in [0.717, 1.165) is 43.9 Å². The van der Waals surface area contributed by atoms with Crippen molar-refractivity contribution in [1.29, 1.82) is 0 Å². The van der Waals surface area contributed by atoms with E-state index in [1.807, 2.05) is 0 Å². The van der Waals surface area contributed by atoms with Gasteiger partial charge in [-0.3, -0.25) is 14.9 Å². The van der Waals surface area contributed by atoms with Gasteiger partial charge < -0.3 is 15.2 Å². The Labute approximate surface area is 126 Å². The number of rotatable bonds is 6. The maximum atomic E-state index is 11.8. The number of carbonyl (C=O) groups excluding carboxylic acids is 1. The van der Waals surface area contributed by atoms with Gasteiger partial charge in [-0.1, -0.05) is 12.8 Å². The Bertz CT molecular complexity index is 595. The molecule has 1 aliphatic rings. The number of benzene rings is 1. The molecule has 118 valence electrons. The molecule has 1 saturated carbocycles. The first-order valence-corrected chi connectivity index (χ1v) is 6.91. The van der Waals surface area contributed by atoms with Crippen LogP contribution in [0.15, 0.2) is 18.2 Å². The van der Waals surface area contributed by atoms with Crippen molar-refractivity contribution in [2.24, 2.45) is 0 Å². The number of nitro benzene ring substituents is 1. The summed E-state index contributed by atoms with van der Waals surface area (Å²) in [6, 6.07) is 3.33. The molecule has 1 aromatic carbocycles. The summed E-state index contributed by atoms with van der Waals surface area (Å²) in [5.41, 5.74) is -0.518. The van der Waals surface area contributed by atoms with Crippen molar-refractivity contribution in [2.75, 3.05) is 6.61 Å². The summed E-state index contributed by atoms with van der Waals surface area (Å²) in [6.07, 6.45) is 3.97. The third-order valence-corrected chi connectivity index (χ3v) is 3.48. The van der Waals surface area contributed by atoms with E-state index >= 15 is 0 Å². The number of nitrogens with zero attached hydrogens (tertiary/aromatic N) is 1. The van der Waals surface area contributed by atoms with Crippen molar-refractivity contribution in [3.8, 4) is 5.75 Å². The molecule has 22 heavy (non-hydrogen) atoms. The van der Waals surface area contributed by atoms with Gasteiger partial charge in [-0.15, -0.1) is 0 Å². The summed E-state index contributed by atoms with van der Waals surface area (Å²) in [5, 5.41) is 22.6. The molecule has 0 radical (unpaired) electrons. The third kappa shape index (κ3) is 3.94. The molecule has 0 bridgehead atoms. The molecule has 0 aromatic heterocycles. The van der Waals surface area contributed by atoms with Crippen molar-refractivity contribution >= 4 is 17.6 Å². The highest BCUT2D eigenvalue weighted by atomic mass is 16.6. The quantitative estimate of drug-likeness (QED) is 0.610. The van der Waals surface area contributed by atoms with E-state index in [1.165, 1.54) is 0 Å². The van der Waals surface area contributed by atoms with Crippen LogP contribution < -0.4 is 10.1 Å². The van der Waals surface area contributed by atoms with Crippen molar-refractivity contribution in [2.45, 2.75) is 31.7 Å². The van der Waals surface area contributed by atoms with Crippen LogP contribution in [-0.4, -0.2) is 34.6 Å². The predicted molar refractivity (Wildman–Crippen MR) is 75.9 cm³/mol. The zero-order chi connectivity index (χ0) is 16.1. The number of ether oxygens (including phenoxy) is 1. The van der Waals surface area contributed by atoms with Gasteiger partial charge in [0.05, 0.1) is 10.5 Å². The normalized spacial score (nSPS) is 14.5. The van der Waals surface area contributed by atoms with E-state index in [1.54, 1.807) is 0 Å². The Hall–Kier alpha value is -2.64. The molecule has 0 heterocycles. The lowest BCUT2D eigenvalue weighted by molar-refractivity contribution is -0.385. The Morgan fingerprint density at radius 3 is 2.64 bits per heavy atom. The van der Waals surface area contributed by atoms with Gasteiger partial charge in [0.25, 0.3) is 5.91 Å². The average Bonchev–Trinajstić information content (AvgIpc) is 2.97. The first-order chi connectivity index (χ1) is 10.5. The number of nitrogens with one attached hydrogen (secondary N) is 1. The minimum atomic E-state index is -1.23. The van der Waals surface area contributed by atoms with Crippen LogP contribution in [0.1, 0.15) is 36.0 Å². The zero-order valence-electron chi connectivity index (χ0n) is 11.8. The van der Waals surface area contributed by atoms with E-state index in [4.69, 9.17) is 9.84 Å². The van der Waals surface area contributed by atoms with Gasteiger partial charge in [0, 0.05) is 18.2 Å². The fraction of sp³-hybridized carbons (Fsp3) is 0.429. The van der Waals surface area contributed by atoms with Crippen molar-refractivity contribution in [1.82, 2.24) is 5.32 Å². The summed E-state index contributed by atoms with van der Waals surface area (Å²) in [4.78, 5) is 32.9. The molecule has 0 spiro atoms. The first kappa shape index (κ1) is 15.7. The molecule has 1 amide bonds. The topological polar surface area (TPSA) is 119 Å². The number of carboxylic acid groups (broad SMARTS) is 1. The number of amides is 1. The number of hydrogen-bond donors (Lipinski definition) is 2. The molecule has 2 N–H and O–H groups in total. The number of carbonyl (C=O) groups is 2. The molecule has 0 saturated heterocycles. The summed E-state index contributed by atoms with van der Waals surface area (Å²) < 4.78 is 5.14. The van der Waals surface area contributed by atoms with Crippen LogP contribution in [0.25, 0.3) is 0 Å². The summed E-state index contributed by atoms with van der Waals surface area (Å²) in [5.74, 6) is -1.83. The molecule has 2 rings (SSSR count). The molecule has 1 aliphatic carbocycles. The van der Waals surface area contributed by atoms with Gasteiger partial charge in [-0.05, 0) is 18.9 Å². The molecule has 8 heteroatoms. The Balaban J connectivity index is 2.03. The van der Waals surface area contributed by atoms with Gasteiger partial charge in [0.1, 0.15) is 0 Å². The maximum absolute atomic E-state index is 11.8. The molecular weight excluding hydrogens is 292 g/mol. The molecule has 8 nitrogen and oxygen atoms in total. The van der Waals surface area contributed by atoms with Gasteiger partial charge in [0.2, 0.25) is 0 Å². The predicted octanol–water partition coefficient (Wildman–Crippen LogP) is 1.73. The Morgan fingerprint density at radius 1 is 1.36 bits per heavy atom. The Morgan fingerprint density at radius 2 is 2.05 bits per heavy atom. The summed E-state index contributed by atoms with van der Waals surface area (Å²) in [6.45, 7) is -0.388. The van der Waals surface area contributed by atoms with Crippen molar-refractivity contribution < 1.29 is 24.4 Å². The summed E-state index contributed by atoms with van der Waals surface area (Å²) in [7, 11) is 0.